The van der Waals surface area contributed by atoms with Crippen LogP contribution in [0.15, 0.2) is 18.2 Å². The van der Waals surface area contributed by atoms with Crippen LogP contribution in [0.2, 0.25) is 0 Å². The van der Waals surface area contributed by atoms with E-state index in [0.717, 1.165) is 29.7 Å². The SMILES string of the molecule is O=C(CC1CC1)c1nc2n(n1)[C@H](c1c(F)cccc1F)C[C@@H]2F. The first kappa shape index (κ1) is 14.4. The van der Waals surface area contributed by atoms with Crippen molar-refractivity contribution in [2.24, 2.45) is 5.92 Å². The van der Waals surface area contributed by atoms with Gasteiger partial charge in [-0.05, 0) is 30.9 Å². The molecule has 23 heavy (non-hydrogen) atoms. The normalized spacial score (nSPS) is 23.1. The third-order valence-corrected chi connectivity index (χ3v) is 4.42. The summed E-state index contributed by atoms with van der Waals surface area (Å²) in [6, 6.07) is 2.58. The Labute approximate surface area is 130 Å². The number of ketones is 1. The number of alkyl halides is 1. The van der Waals surface area contributed by atoms with Crippen molar-refractivity contribution in [2.45, 2.75) is 37.9 Å². The predicted molar refractivity (Wildman–Crippen MR) is 74.7 cm³/mol. The maximum Gasteiger partial charge on any atom is 0.217 e. The van der Waals surface area contributed by atoms with Gasteiger partial charge in [0, 0.05) is 18.4 Å². The van der Waals surface area contributed by atoms with Gasteiger partial charge in [0.1, 0.15) is 11.6 Å². The van der Waals surface area contributed by atoms with E-state index in [9.17, 15) is 18.0 Å². The molecular weight excluding hydrogens is 307 g/mol. The average molecular weight is 321 g/mol. The molecule has 0 bridgehead atoms. The number of Topliss-reactive ketones (excluding diaryl/α,β-unsaturated/α-hetero) is 1. The van der Waals surface area contributed by atoms with Crippen molar-refractivity contribution in [3.05, 3.63) is 47.0 Å². The highest BCUT2D eigenvalue weighted by atomic mass is 19.1. The van der Waals surface area contributed by atoms with E-state index in [4.69, 9.17) is 0 Å². The monoisotopic (exact) mass is 321 g/mol. The van der Waals surface area contributed by atoms with Gasteiger partial charge in [0.15, 0.2) is 12.0 Å². The lowest BCUT2D eigenvalue weighted by Crippen LogP contribution is -2.13. The van der Waals surface area contributed by atoms with Gasteiger partial charge in [-0.25, -0.2) is 22.8 Å². The van der Waals surface area contributed by atoms with Crippen LogP contribution in [0.5, 0.6) is 0 Å². The summed E-state index contributed by atoms with van der Waals surface area (Å²) in [5.41, 5.74) is -0.236. The standard InChI is InChI=1S/C16H14F3N3O/c17-9-2-1-3-10(18)14(9)12-7-11(19)16-20-15(21-22(12)16)13(23)6-8-4-5-8/h1-3,8,11-12H,4-7H2/t11-,12-/m0/s1. The Balaban J connectivity index is 1.71. The second kappa shape index (κ2) is 5.18. The number of aromatic nitrogens is 3. The molecule has 7 heteroatoms. The molecule has 1 fully saturated rings. The number of benzene rings is 1. The summed E-state index contributed by atoms with van der Waals surface area (Å²) < 4.78 is 43.3. The molecule has 2 heterocycles. The molecule has 0 N–H and O–H groups in total. The van der Waals surface area contributed by atoms with Gasteiger partial charge in [-0.2, -0.15) is 0 Å². The fourth-order valence-corrected chi connectivity index (χ4v) is 3.04. The van der Waals surface area contributed by atoms with Crippen molar-refractivity contribution in [3.63, 3.8) is 0 Å². The Morgan fingerprint density at radius 2 is 1.96 bits per heavy atom. The lowest BCUT2D eigenvalue weighted by Gasteiger charge is -2.13. The molecule has 0 spiro atoms. The van der Waals surface area contributed by atoms with Gasteiger partial charge < -0.3 is 0 Å². The summed E-state index contributed by atoms with van der Waals surface area (Å²) in [5, 5.41) is 4.04. The summed E-state index contributed by atoms with van der Waals surface area (Å²) in [7, 11) is 0. The van der Waals surface area contributed by atoms with Crippen molar-refractivity contribution in [3.8, 4) is 0 Å². The number of hydrogen-bond donors (Lipinski definition) is 0. The Bertz CT molecular complexity index is 765. The second-order valence-corrected chi connectivity index (χ2v) is 6.16. The van der Waals surface area contributed by atoms with Crippen LogP contribution in [0.3, 0.4) is 0 Å². The number of nitrogens with zero attached hydrogens (tertiary/aromatic N) is 3. The number of rotatable bonds is 4. The van der Waals surface area contributed by atoms with Crippen LogP contribution in [-0.2, 0) is 0 Å². The molecule has 0 amide bonds. The van der Waals surface area contributed by atoms with Gasteiger partial charge in [-0.1, -0.05) is 6.07 Å². The first-order valence-electron chi connectivity index (χ1n) is 7.62. The molecular formula is C16H14F3N3O. The van der Waals surface area contributed by atoms with Crippen molar-refractivity contribution >= 4 is 5.78 Å². The first-order valence-corrected chi connectivity index (χ1v) is 7.62. The van der Waals surface area contributed by atoms with Crippen LogP contribution in [0, 0.1) is 17.6 Å². The summed E-state index contributed by atoms with van der Waals surface area (Å²) in [5.74, 6) is -1.48. The quantitative estimate of drug-likeness (QED) is 0.809. The highest BCUT2D eigenvalue weighted by molar-refractivity contribution is 5.92. The second-order valence-electron chi connectivity index (χ2n) is 6.16. The van der Waals surface area contributed by atoms with Crippen LogP contribution in [0.25, 0.3) is 0 Å². The fraction of sp³-hybridized carbons (Fsp3) is 0.438. The Morgan fingerprint density at radius 3 is 2.61 bits per heavy atom. The third-order valence-electron chi connectivity index (χ3n) is 4.42. The van der Waals surface area contributed by atoms with E-state index >= 15 is 0 Å². The number of fused-ring (bicyclic) bond motifs is 1. The van der Waals surface area contributed by atoms with Gasteiger partial charge in [-0.15, -0.1) is 5.10 Å². The molecule has 2 aliphatic rings. The lowest BCUT2D eigenvalue weighted by molar-refractivity contribution is 0.0965. The maximum absolute atomic E-state index is 14.2. The molecule has 4 nitrogen and oxygen atoms in total. The van der Waals surface area contributed by atoms with Gasteiger partial charge in [0.05, 0.1) is 6.04 Å². The largest absolute Gasteiger partial charge is 0.291 e. The molecule has 2 atom stereocenters. The predicted octanol–water partition coefficient (Wildman–Crippen LogP) is 3.54. The van der Waals surface area contributed by atoms with Crippen LogP contribution in [0.1, 0.15) is 59.9 Å². The van der Waals surface area contributed by atoms with Crippen molar-refractivity contribution in [2.75, 3.05) is 0 Å². The third kappa shape index (κ3) is 2.44. The van der Waals surface area contributed by atoms with E-state index < -0.39 is 23.8 Å². The molecule has 4 rings (SSSR count). The molecule has 0 saturated heterocycles. The first-order chi connectivity index (χ1) is 11.0. The van der Waals surface area contributed by atoms with E-state index in [-0.39, 0.29) is 29.4 Å². The highest BCUT2D eigenvalue weighted by Crippen LogP contribution is 2.41. The molecule has 1 saturated carbocycles. The van der Waals surface area contributed by atoms with Crippen molar-refractivity contribution < 1.29 is 18.0 Å². The summed E-state index contributed by atoms with van der Waals surface area (Å²) in [4.78, 5) is 16.0. The zero-order chi connectivity index (χ0) is 16.1. The summed E-state index contributed by atoms with van der Waals surface area (Å²) in [6.07, 6.45) is 0.736. The Kier molecular flexibility index (Phi) is 3.25. The van der Waals surface area contributed by atoms with Crippen LogP contribution >= 0.6 is 0 Å². The molecule has 2 aromatic rings. The van der Waals surface area contributed by atoms with Crippen LogP contribution in [0.4, 0.5) is 13.2 Å². The van der Waals surface area contributed by atoms with E-state index in [1.54, 1.807) is 0 Å². The minimum absolute atomic E-state index is 0.0307. The molecule has 120 valence electrons. The topological polar surface area (TPSA) is 47.8 Å². The van der Waals surface area contributed by atoms with Gasteiger partial charge in [0.2, 0.25) is 11.6 Å². The minimum Gasteiger partial charge on any atom is -0.291 e. The number of carbonyl (C=O) groups is 1. The van der Waals surface area contributed by atoms with Crippen LogP contribution in [-0.4, -0.2) is 20.5 Å². The smallest absolute Gasteiger partial charge is 0.217 e. The Hall–Kier alpha value is -2.18. The van der Waals surface area contributed by atoms with E-state index in [1.165, 1.54) is 6.07 Å². The molecule has 0 unspecified atom stereocenters. The summed E-state index contributed by atoms with van der Waals surface area (Å²) >= 11 is 0. The molecule has 1 aromatic carbocycles. The molecule has 1 aliphatic carbocycles. The maximum atomic E-state index is 14.2. The molecule has 1 aromatic heterocycles. The number of hydrogen-bond acceptors (Lipinski definition) is 3. The molecule has 1 aliphatic heterocycles. The average Bonchev–Trinajstić information content (AvgIpc) is 3.11. The van der Waals surface area contributed by atoms with Gasteiger partial charge in [0.25, 0.3) is 0 Å². The zero-order valence-electron chi connectivity index (χ0n) is 12.2. The number of carbonyl (C=O) groups excluding carboxylic acids is 1. The number of halogens is 3. The van der Waals surface area contributed by atoms with Crippen molar-refractivity contribution in [1.29, 1.82) is 0 Å². The lowest BCUT2D eigenvalue weighted by atomic mass is 10.0. The summed E-state index contributed by atoms with van der Waals surface area (Å²) in [6.45, 7) is 0. The van der Waals surface area contributed by atoms with E-state index in [2.05, 4.69) is 10.1 Å². The van der Waals surface area contributed by atoms with Gasteiger partial charge >= 0.3 is 0 Å². The zero-order valence-corrected chi connectivity index (χ0v) is 12.2. The highest BCUT2D eigenvalue weighted by Gasteiger charge is 2.39. The Morgan fingerprint density at radius 1 is 1.26 bits per heavy atom. The fourth-order valence-electron chi connectivity index (χ4n) is 3.04. The van der Waals surface area contributed by atoms with Crippen molar-refractivity contribution in [1.82, 2.24) is 14.8 Å². The minimum atomic E-state index is -1.49. The molecule has 0 radical (unpaired) electrons. The van der Waals surface area contributed by atoms with Gasteiger partial charge in [-0.3, -0.25) is 4.79 Å². The van der Waals surface area contributed by atoms with Crippen LogP contribution < -0.4 is 0 Å². The van der Waals surface area contributed by atoms with E-state index in [1.807, 2.05) is 0 Å². The van der Waals surface area contributed by atoms with E-state index in [0.29, 0.717) is 12.3 Å².